The van der Waals surface area contributed by atoms with Crippen LogP contribution in [0, 0.1) is 0 Å². The topological polar surface area (TPSA) is 9.23 Å². The average molecular weight is 192 g/mol. The zero-order valence-corrected chi connectivity index (χ0v) is 8.16. The van der Waals surface area contributed by atoms with Gasteiger partial charge in [-0.05, 0) is 18.1 Å². The number of halogens is 1. The number of rotatable bonds is 4. The zero-order valence-electron chi connectivity index (χ0n) is 8.16. The zero-order chi connectivity index (χ0) is 10.4. The van der Waals surface area contributed by atoms with Gasteiger partial charge in [0.2, 0.25) is 0 Å². The predicted octanol–water partition coefficient (Wildman–Crippen LogP) is 3.59. The summed E-state index contributed by atoms with van der Waals surface area (Å²) in [6.45, 7) is 5.67. The lowest BCUT2D eigenvalue weighted by atomic mass is 10.2. The van der Waals surface area contributed by atoms with Crippen molar-refractivity contribution in [3.63, 3.8) is 0 Å². The van der Waals surface area contributed by atoms with Gasteiger partial charge in [0.05, 0.1) is 0 Å². The number of hydrogen-bond donors (Lipinski definition) is 0. The quantitative estimate of drug-likeness (QED) is 0.523. The van der Waals surface area contributed by atoms with Crippen molar-refractivity contribution >= 4 is 0 Å². The van der Waals surface area contributed by atoms with Crippen molar-refractivity contribution in [2.24, 2.45) is 0 Å². The first-order chi connectivity index (χ1) is 6.74. The van der Waals surface area contributed by atoms with E-state index in [0.717, 1.165) is 5.56 Å². The molecular formula is C12H13FO. The molecule has 0 radical (unpaired) electrons. The highest BCUT2D eigenvalue weighted by Crippen LogP contribution is 2.12. The normalized spacial score (nSPS) is 11.1. The third kappa shape index (κ3) is 3.05. The molecule has 1 aromatic rings. The van der Waals surface area contributed by atoms with Crippen LogP contribution < -0.4 is 0 Å². The van der Waals surface area contributed by atoms with Crippen molar-refractivity contribution in [2.75, 3.05) is 0 Å². The maximum absolute atomic E-state index is 12.3. The molecule has 1 aromatic carbocycles. The van der Waals surface area contributed by atoms with Crippen LogP contribution in [0.4, 0.5) is 4.39 Å². The molecule has 0 saturated carbocycles. The molecule has 1 nitrogen and oxygen atoms in total. The van der Waals surface area contributed by atoms with Crippen LogP contribution in [0.25, 0.3) is 0 Å². The van der Waals surface area contributed by atoms with E-state index in [2.05, 4.69) is 6.58 Å². The van der Waals surface area contributed by atoms with Gasteiger partial charge in [-0.2, -0.15) is 0 Å². The van der Waals surface area contributed by atoms with Crippen molar-refractivity contribution in [3.05, 3.63) is 60.1 Å². The van der Waals surface area contributed by atoms with E-state index < -0.39 is 0 Å². The van der Waals surface area contributed by atoms with E-state index in [-0.39, 0.29) is 5.76 Å². The van der Waals surface area contributed by atoms with Gasteiger partial charge < -0.3 is 4.74 Å². The Morgan fingerprint density at radius 2 is 2.07 bits per heavy atom. The molecule has 74 valence electrons. The van der Waals surface area contributed by atoms with Crippen LogP contribution in [-0.4, -0.2) is 0 Å². The summed E-state index contributed by atoms with van der Waals surface area (Å²) in [7, 11) is 0. The van der Waals surface area contributed by atoms with Crippen LogP contribution in [0.3, 0.4) is 0 Å². The first-order valence-corrected chi connectivity index (χ1v) is 4.37. The van der Waals surface area contributed by atoms with Crippen LogP contribution in [-0.2, 0) is 11.3 Å². The first kappa shape index (κ1) is 10.5. The smallest absolute Gasteiger partial charge is 0.150 e. The maximum Gasteiger partial charge on any atom is 0.150 e. The van der Waals surface area contributed by atoms with Gasteiger partial charge in [-0.25, -0.2) is 4.39 Å². The molecule has 0 aliphatic heterocycles. The van der Waals surface area contributed by atoms with Gasteiger partial charge in [-0.3, -0.25) is 0 Å². The molecule has 0 aromatic heterocycles. The molecule has 0 N–H and O–H groups in total. The number of hydrogen-bond acceptors (Lipinski definition) is 1. The van der Waals surface area contributed by atoms with Crippen LogP contribution in [0.1, 0.15) is 12.5 Å². The second-order valence-electron chi connectivity index (χ2n) is 3.03. The van der Waals surface area contributed by atoms with Crippen LogP contribution in [0.5, 0.6) is 0 Å². The lowest BCUT2D eigenvalue weighted by molar-refractivity contribution is 0.201. The van der Waals surface area contributed by atoms with Gasteiger partial charge in [0, 0.05) is 0 Å². The Morgan fingerprint density at radius 1 is 1.43 bits per heavy atom. The Hall–Kier alpha value is -1.57. The van der Waals surface area contributed by atoms with Gasteiger partial charge >= 0.3 is 0 Å². The molecule has 2 heteroatoms. The SMILES string of the molecule is C=C(C)/C(=C/F)OCc1ccccc1. The molecular weight excluding hydrogens is 179 g/mol. The Bertz CT molecular complexity index is 327. The Balaban J connectivity index is 2.53. The monoisotopic (exact) mass is 192 g/mol. The summed E-state index contributed by atoms with van der Waals surface area (Å²) in [4.78, 5) is 0. The van der Waals surface area contributed by atoms with Crippen molar-refractivity contribution in [3.8, 4) is 0 Å². The van der Waals surface area contributed by atoms with Gasteiger partial charge in [0.1, 0.15) is 18.7 Å². The summed E-state index contributed by atoms with van der Waals surface area (Å²) < 4.78 is 17.5. The van der Waals surface area contributed by atoms with Gasteiger partial charge in [0.25, 0.3) is 0 Å². The Kier molecular flexibility index (Phi) is 3.92. The highest BCUT2D eigenvalue weighted by atomic mass is 19.1. The maximum atomic E-state index is 12.3. The summed E-state index contributed by atoms with van der Waals surface area (Å²) in [6, 6.07) is 9.60. The number of allylic oxidation sites excluding steroid dienone is 1. The lowest BCUT2D eigenvalue weighted by Gasteiger charge is -2.08. The Morgan fingerprint density at radius 3 is 2.57 bits per heavy atom. The van der Waals surface area contributed by atoms with Gasteiger partial charge in [0.15, 0.2) is 0 Å². The fourth-order valence-electron chi connectivity index (χ4n) is 0.983. The summed E-state index contributed by atoms with van der Waals surface area (Å²) in [5.41, 5.74) is 1.59. The Labute approximate surface area is 83.5 Å². The van der Waals surface area contributed by atoms with Crippen LogP contribution in [0.2, 0.25) is 0 Å². The molecule has 0 fully saturated rings. The molecule has 0 saturated heterocycles. The summed E-state index contributed by atoms with van der Waals surface area (Å²) in [6.07, 6.45) is 0.436. The van der Waals surface area contributed by atoms with Gasteiger partial charge in [-0.15, -0.1) is 0 Å². The molecule has 0 aliphatic carbocycles. The molecule has 0 unspecified atom stereocenters. The van der Waals surface area contributed by atoms with Crippen LogP contribution >= 0.6 is 0 Å². The van der Waals surface area contributed by atoms with Crippen molar-refractivity contribution in [1.82, 2.24) is 0 Å². The number of ether oxygens (including phenoxy) is 1. The average Bonchev–Trinajstić information content (AvgIpc) is 2.20. The minimum atomic E-state index is 0.203. The highest BCUT2D eigenvalue weighted by Gasteiger charge is 1.99. The predicted molar refractivity (Wildman–Crippen MR) is 55.2 cm³/mol. The van der Waals surface area contributed by atoms with Crippen LogP contribution in [0.15, 0.2) is 54.6 Å². The van der Waals surface area contributed by atoms with E-state index in [1.54, 1.807) is 6.92 Å². The van der Waals surface area contributed by atoms with E-state index in [1.807, 2.05) is 30.3 Å². The van der Waals surface area contributed by atoms with E-state index in [9.17, 15) is 4.39 Å². The standard InChI is InChI=1S/C12H13FO/c1-10(2)12(8-13)14-9-11-6-4-3-5-7-11/h3-8H,1,9H2,2H3/b12-8-. The van der Waals surface area contributed by atoms with Crippen molar-refractivity contribution < 1.29 is 9.13 Å². The molecule has 0 heterocycles. The third-order valence-electron chi connectivity index (χ3n) is 1.76. The van der Waals surface area contributed by atoms with E-state index in [0.29, 0.717) is 18.5 Å². The minimum Gasteiger partial charge on any atom is -0.486 e. The van der Waals surface area contributed by atoms with Crippen molar-refractivity contribution in [2.45, 2.75) is 13.5 Å². The molecule has 0 atom stereocenters. The largest absolute Gasteiger partial charge is 0.486 e. The second-order valence-corrected chi connectivity index (χ2v) is 3.03. The fraction of sp³-hybridized carbons (Fsp3) is 0.167. The van der Waals surface area contributed by atoms with Crippen molar-refractivity contribution in [1.29, 1.82) is 0 Å². The molecule has 0 amide bonds. The molecule has 0 aliphatic rings. The van der Waals surface area contributed by atoms with E-state index in [4.69, 9.17) is 4.74 Å². The first-order valence-electron chi connectivity index (χ1n) is 4.37. The summed E-state index contributed by atoms with van der Waals surface area (Å²) in [5, 5.41) is 0. The summed E-state index contributed by atoms with van der Waals surface area (Å²) in [5.74, 6) is 0.203. The van der Waals surface area contributed by atoms with Gasteiger partial charge in [-0.1, -0.05) is 36.9 Å². The van der Waals surface area contributed by atoms with E-state index >= 15 is 0 Å². The minimum absolute atomic E-state index is 0.203. The van der Waals surface area contributed by atoms with E-state index in [1.165, 1.54) is 0 Å². The lowest BCUT2D eigenvalue weighted by Crippen LogP contribution is -1.93. The molecule has 1 rings (SSSR count). The summed E-state index contributed by atoms with van der Waals surface area (Å²) >= 11 is 0. The second kappa shape index (κ2) is 5.22. The molecule has 14 heavy (non-hydrogen) atoms. The molecule has 0 bridgehead atoms. The highest BCUT2D eigenvalue weighted by molar-refractivity contribution is 5.19. The third-order valence-corrected chi connectivity index (χ3v) is 1.76. The fourth-order valence-corrected chi connectivity index (χ4v) is 0.983. The molecule has 0 spiro atoms. The number of benzene rings is 1.